The molecule has 0 atom stereocenters. The summed E-state index contributed by atoms with van der Waals surface area (Å²) < 4.78 is 25.0. The van der Waals surface area contributed by atoms with E-state index < -0.39 is 5.76 Å². The molecule has 21 heavy (non-hydrogen) atoms. The van der Waals surface area contributed by atoms with Gasteiger partial charge < -0.3 is 15.3 Å². The second-order valence-corrected chi connectivity index (χ2v) is 5.95. The predicted octanol–water partition coefficient (Wildman–Crippen LogP) is 3.24. The Labute approximate surface area is 126 Å². The van der Waals surface area contributed by atoms with Crippen LogP contribution in [0.4, 0.5) is 19.3 Å². The van der Waals surface area contributed by atoms with Crippen LogP contribution in [0.25, 0.3) is 0 Å². The van der Waals surface area contributed by atoms with Crippen LogP contribution in [-0.4, -0.2) is 41.5 Å². The van der Waals surface area contributed by atoms with E-state index in [1.54, 1.807) is 29.2 Å². The molecule has 0 saturated carbocycles. The number of halogens is 2. The molecule has 116 valence electrons. The lowest BCUT2D eigenvalue weighted by molar-refractivity contribution is 0.143. The first kappa shape index (κ1) is 16.0. The van der Waals surface area contributed by atoms with Crippen LogP contribution in [0, 0.1) is 5.92 Å². The summed E-state index contributed by atoms with van der Waals surface area (Å²) in [7, 11) is 0. The van der Waals surface area contributed by atoms with Crippen molar-refractivity contribution in [1.29, 1.82) is 0 Å². The second-order valence-electron chi connectivity index (χ2n) is 4.92. The average molecular weight is 316 g/mol. The molecule has 0 spiro atoms. The number of nitrogens with zero attached hydrogens (tertiary/aromatic N) is 1. The lowest BCUT2D eigenvalue weighted by atomic mass is 9.98. The molecule has 1 aromatic rings. The highest BCUT2D eigenvalue weighted by Crippen LogP contribution is 2.31. The smallest absolute Gasteiger partial charge is 0.321 e. The Morgan fingerprint density at radius 1 is 1.38 bits per heavy atom. The molecule has 1 heterocycles. The van der Waals surface area contributed by atoms with Gasteiger partial charge in [-0.1, -0.05) is 23.9 Å². The number of aliphatic hydroxyl groups excluding tert-OH is 1. The van der Waals surface area contributed by atoms with E-state index in [0.717, 1.165) is 12.8 Å². The number of para-hydroxylation sites is 1. The van der Waals surface area contributed by atoms with Gasteiger partial charge in [-0.15, -0.1) is 0 Å². The molecule has 0 aromatic heterocycles. The number of hydrogen-bond acceptors (Lipinski definition) is 3. The van der Waals surface area contributed by atoms with Gasteiger partial charge in [0.05, 0.1) is 5.69 Å². The number of carbonyl (C=O) groups excluding carboxylic acids is 1. The van der Waals surface area contributed by atoms with Crippen molar-refractivity contribution in [3.63, 3.8) is 0 Å². The van der Waals surface area contributed by atoms with Gasteiger partial charge in [0.25, 0.3) is 5.76 Å². The molecule has 1 fully saturated rings. The number of nitrogens with one attached hydrogen (secondary N) is 1. The number of alkyl halides is 2. The van der Waals surface area contributed by atoms with Crippen LogP contribution in [0.15, 0.2) is 29.2 Å². The third-order valence-corrected chi connectivity index (χ3v) is 4.29. The van der Waals surface area contributed by atoms with Crippen LogP contribution in [0.1, 0.15) is 12.8 Å². The Balaban J connectivity index is 1.97. The van der Waals surface area contributed by atoms with Crippen molar-refractivity contribution in [3.05, 3.63) is 24.3 Å². The van der Waals surface area contributed by atoms with Gasteiger partial charge >= 0.3 is 6.03 Å². The number of thioether (sulfide) groups is 1. The summed E-state index contributed by atoms with van der Waals surface area (Å²) in [5, 5.41) is 11.8. The van der Waals surface area contributed by atoms with Gasteiger partial charge in [0, 0.05) is 24.6 Å². The van der Waals surface area contributed by atoms with E-state index in [1.807, 2.05) is 0 Å². The van der Waals surface area contributed by atoms with Crippen LogP contribution >= 0.6 is 11.8 Å². The normalized spacial score (nSPS) is 16.3. The first-order valence-corrected chi connectivity index (χ1v) is 7.68. The Kier molecular flexibility index (Phi) is 5.81. The molecule has 0 aliphatic carbocycles. The monoisotopic (exact) mass is 316 g/mol. The first-order chi connectivity index (χ1) is 10.1. The molecule has 2 amide bonds. The zero-order valence-electron chi connectivity index (χ0n) is 11.5. The molecule has 4 nitrogen and oxygen atoms in total. The minimum Gasteiger partial charge on any atom is -0.396 e. The Bertz CT molecular complexity index is 480. The number of rotatable bonds is 4. The van der Waals surface area contributed by atoms with Crippen molar-refractivity contribution in [1.82, 2.24) is 4.90 Å². The number of piperidine rings is 1. The fourth-order valence-corrected chi connectivity index (χ4v) is 2.88. The van der Waals surface area contributed by atoms with Crippen LogP contribution in [0.5, 0.6) is 0 Å². The number of amides is 2. The molecule has 0 radical (unpaired) electrons. The summed E-state index contributed by atoms with van der Waals surface area (Å²) in [4.78, 5) is 14.2. The van der Waals surface area contributed by atoms with Crippen molar-refractivity contribution < 1.29 is 18.7 Å². The van der Waals surface area contributed by atoms with E-state index in [-0.39, 0.29) is 18.6 Å². The second kappa shape index (κ2) is 7.61. The molecular formula is C14H18F2N2O2S. The van der Waals surface area contributed by atoms with Gasteiger partial charge in [0.2, 0.25) is 0 Å². The summed E-state index contributed by atoms with van der Waals surface area (Å²) >= 11 is 0.418. The fourth-order valence-electron chi connectivity index (χ4n) is 2.28. The number of benzene rings is 1. The summed E-state index contributed by atoms with van der Waals surface area (Å²) in [5.41, 5.74) is 0.400. The number of aliphatic hydroxyl groups is 1. The van der Waals surface area contributed by atoms with Crippen LogP contribution in [0.3, 0.4) is 0 Å². The molecule has 1 aromatic carbocycles. The van der Waals surface area contributed by atoms with Gasteiger partial charge in [0.1, 0.15) is 0 Å². The minimum absolute atomic E-state index is 0.142. The van der Waals surface area contributed by atoms with Crippen LogP contribution < -0.4 is 5.32 Å². The zero-order chi connectivity index (χ0) is 15.2. The Morgan fingerprint density at radius 2 is 2.05 bits per heavy atom. The zero-order valence-corrected chi connectivity index (χ0v) is 12.3. The Morgan fingerprint density at radius 3 is 2.67 bits per heavy atom. The van der Waals surface area contributed by atoms with Crippen LogP contribution in [-0.2, 0) is 0 Å². The maximum absolute atomic E-state index is 12.5. The van der Waals surface area contributed by atoms with E-state index in [2.05, 4.69) is 5.32 Å². The molecule has 1 saturated heterocycles. The summed E-state index contributed by atoms with van der Waals surface area (Å²) in [6, 6.07) is 6.25. The van der Waals surface area contributed by atoms with Gasteiger partial charge in [-0.25, -0.2) is 4.79 Å². The number of likely N-dealkylation sites (tertiary alicyclic amines) is 1. The van der Waals surface area contributed by atoms with Crippen molar-refractivity contribution in [2.75, 3.05) is 25.0 Å². The van der Waals surface area contributed by atoms with Crippen molar-refractivity contribution in [2.45, 2.75) is 23.5 Å². The minimum atomic E-state index is -2.52. The van der Waals surface area contributed by atoms with E-state index in [0.29, 0.717) is 35.4 Å². The number of urea groups is 1. The SMILES string of the molecule is O=C(Nc1ccccc1SC(F)F)N1CCC(CO)CC1. The topological polar surface area (TPSA) is 52.6 Å². The van der Waals surface area contributed by atoms with E-state index >= 15 is 0 Å². The van der Waals surface area contributed by atoms with E-state index in [9.17, 15) is 13.6 Å². The van der Waals surface area contributed by atoms with E-state index in [4.69, 9.17) is 5.11 Å². The van der Waals surface area contributed by atoms with Gasteiger partial charge in [-0.05, 0) is 30.9 Å². The maximum Gasteiger partial charge on any atom is 0.321 e. The first-order valence-electron chi connectivity index (χ1n) is 6.80. The molecule has 2 rings (SSSR count). The highest BCUT2D eigenvalue weighted by molar-refractivity contribution is 7.99. The van der Waals surface area contributed by atoms with Gasteiger partial charge in [-0.3, -0.25) is 0 Å². The summed E-state index contributed by atoms with van der Waals surface area (Å²) in [5.74, 6) is -2.28. The molecule has 1 aliphatic rings. The summed E-state index contributed by atoms with van der Waals surface area (Å²) in [6.45, 7) is 1.28. The maximum atomic E-state index is 12.5. The molecular weight excluding hydrogens is 298 g/mol. The molecule has 0 unspecified atom stereocenters. The number of hydrogen-bond donors (Lipinski definition) is 2. The molecule has 0 bridgehead atoms. The van der Waals surface area contributed by atoms with Crippen molar-refractivity contribution in [2.24, 2.45) is 5.92 Å². The van der Waals surface area contributed by atoms with Gasteiger partial charge in [0.15, 0.2) is 0 Å². The lowest BCUT2D eigenvalue weighted by Gasteiger charge is -2.31. The predicted molar refractivity (Wildman–Crippen MR) is 78.7 cm³/mol. The number of carbonyl (C=O) groups is 1. The highest BCUT2D eigenvalue weighted by Gasteiger charge is 2.23. The third kappa shape index (κ3) is 4.57. The summed E-state index contributed by atoms with van der Waals surface area (Å²) in [6.07, 6.45) is 1.52. The van der Waals surface area contributed by atoms with Crippen LogP contribution in [0.2, 0.25) is 0 Å². The Hall–Kier alpha value is -1.34. The third-order valence-electron chi connectivity index (χ3n) is 3.50. The largest absolute Gasteiger partial charge is 0.396 e. The van der Waals surface area contributed by atoms with Crippen molar-refractivity contribution >= 4 is 23.5 Å². The average Bonchev–Trinajstić information content (AvgIpc) is 2.49. The van der Waals surface area contributed by atoms with Crippen molar-refractivity contribution in [3.8, 4) is 0 Å². The molecule has 7 heteroatoms. The highest BCUT2D eigenvalue weighted by atomic mass is 32.2. The molecule has 2 N–H and O–H groups in total. The lowest BCUT2D eigenvalue weighted by Crippen LogP contribution is -2.41. The fraction of sp³-hybridized carbons (Fsp3) is 0.500. The quantitative estimate of drug-likeness (QED) is 0.839. The number of anilines is 1. The standard InChI is InChI=1S/C14H18F2N2O2S/c15-13(16)21-12-4-2-1-3-11(12)17-14(20)18-7-5-10(9-19)6-8-18/h1-4,10,13,19H,5-9H2,(H,17,20). The van der Waals surface area contributed by atoms with Gasteiger partial charge in [-0.2, -0.15) is 8.78 Å². The molecule has 1 aliphatic heterocycles. The van der Waals surface area contributed by atoms with E-state index in [1.165, 1.54) is 0 Å².